The van der Waals surface area contributed by atoms with Crippen molar-refractivity contribution >= 4 is 11.7 Å². The summed E-state index contributed by atoms with van der Waals surface area (Å²) < 4.78 is 36.6. The normalized spacial score (nSPS) is 20.5. The standard InChI is InChI=1S/C30H27F2NO3/c31-29(32)36-28-15-6-5-10-22(28)19-16-20-8-7-9-21(17-19)33(20)30(34)35-18-27-25-13-3-1-11-23(25)24-12-2-4-14-26(24)27/h1-6,10-16,20-21,27,29H,7-9,17-18H2. The van der Waals surface area contributed by atoms with Gasteiger partial charge < -0.3 is 9.47 Å². The molecule has 6 heteroatoms. The minimum atomic E-state index is -2.88. The Labute approximate surface area is 209 Å². The fourth-order valence-electron chi connectivity index (χ4n) is 6.11. The number of hydrogen-bond donors (Lipinski definition) is 0. The number of nitrogens with zero attached hydrogens (tertiary/aromatic N) is 1. The molecule has 184 valence electrons. The molecule has 3 aromatic carbocycles. The Hall–Kier alpha value is -3.67. The number of hydrogen-bond acceptors (Lipinski definition) is 3. The third-order valence-electron chi connectivity index (χ3n) is 7.63. The topological polar surface area (TPSA) is 38.8 Å². The monoisotopic (exact) mass is 487 g/mol. The molecule has 36 heavy (non-hydrogen) atoms. The Kier molecular flexibility index (Phi) is 5.96. The molecular weight excluding hydrogens is 460 g/mol. The molecule has 4 nitrogen and oxygen atoms in total. The summed E-state index contributed by atoms with van der Waals surface area (Å²) in [5.74, 6) is 0.182. The number of para-hydroxylation sites is 1. The van der Waals surface area contributed by atoms with Crippen LogP contribution in [0.4, 0.5) is 13.6 Å². The van der Waals surface area contributed by atoms with Crippen LogP contribution in [0.25, 0.3) is 16.7 Å². The van der Waals surface area contributed by atoms with Crippen molar-refractivity contribution in [1.82, 2.24) is 4.90 Å². The van der Waals surface area contributed by atoms with Crippen molar-refractivity contribution in [2.24, 2.45) is 0 Å². The summed E-state index contributed by atoms with van der Waals surface area (Å²) in [5.41, 5.74) is 6.37. The highest BCUT2D eigenvalue weighted by Crippen LogP contribution is 2.45. The fraction of sp³-hybridized carbons (Fsp3) is 0.300. The van der Waals surface area contributed by atoms with Crippen molar-refractivity contribution in [2.75, 3.05) is 6.61 Å². The number of amides is 1. The molecular formula is C30H27F2NO3. The first kappa shape index (κ1) is 22.8. The summed E-state index contributed by atoms with van der Waals surface area (Å²) in [6, 6.07) is 23.3. The lowest BCUT2D eigenvalue weighted by atomic mass is 9.83. The van der Waals surface area contributed by atoms with Gasteiger partial charge >= 0.3 is 12.7 Å². The van der Waals surface area contributed by atoms with E-state index in [0.717, 1.165) is 24.8 Å². The van der Waals surface area contributed by atoms with Crippen molar-refractivity contribution in [3.05, 3.63) is 95.6 Å². The molecule has 1 saturated heterocycles. The minimum absolute atomic E-state index is 0.00968. The first-order valence-electron chi connectivity index (χ1n) is 12.5. The Bertz CT molecular complexity index is 1280. The molecule has 2 bridgehead atoms. The van der Waals surface area contributed by atoms with Gasteiger partial charge in [0.25, 0.3) is 0 Å². The van der Waals surface area contributed by atoms with Gasteiger partial charge in [-0.1, -0.05) is 72.8 Å². The van der Waals surface area contributed by atoms with Gasteiger partial charge in [-0.3, -0.25) is 4.90 Å². The van der Waals surface area contributed by atoms with Crippen molar-refractivity contribution in [3.8, 4) is 16.9 Å². The second-order valence-corrected chi connectivity index (χ2v) is 9.63. The van der Waals surface area contributed by atoms with Crippen LogP contribution in [0.5, 0.6) is 5.75 Å². The number of carbonyl (C=O) groups is 1. The van der Waals surface area contributed by atoms with Gasteiger partial charge in [0.05, 0.1) is 6.04 Å². The Morgan fingerprint density at radius 1 is 0.889 bits per heavy atom. The van der Waals surface area contributed by atoms with E-state index >= 15 is 0 Å². The van der Waals surface area contributed by atoms with Crippen LogP contribution in [-0.4, -0.2) is 36.3 Å². The number of carbonyl (C=O) groups excluding carboxylic acids is 1. The maximum Gasteiger partial charge on any atom is 0.410 e. The number of halogens is 2. The van der Waals surface area contributed by atoms with Crippen LogP contribution < -0.4 is 4.74 Å². The van der Waals surface area contributed by atoms with E-state index in [4.69, 9.17) is 9.47 Å². The molecule has 0 spiro atoms. The van der Waals surface area contributed by atoms with E-state index in [1.165, 1.54) is 22.3 Å². The van der Waals surface area contributed by atoms with Gasteiger partial charge in [-0.25, -0.2) is 4.79 Å². The Balaban J connectivity index is 1.22. The summed E-state index contributed by atoms with van der Waals surface area (Å²) in [4.78, 5) is 15.3. The van der Waals surface area contributed by atoms with E-state index in [9.17, 15) is 13.6 Å². The lowest BCUT2D eigenvalue weighted by Gasteiger charge is -2.44. The van der Waals surface area contributed by atoms with Crippen molar-refractivity contribution in [2.45, 2.75) is 50.3 Å². The van der Waals surface area contributed by atoms with Crippen molar-refractivity contribution in [3.63, 3.8) is 0 Å². The summed E-state index contributed by atoms with van der Waals surface area (Å²) in [7, 11) is 0. The van der Waals surface area contributed by atoms with Crippen LogP contribution in [0.3, 0.4) is 0 Å². The summed E-state index contributed by atoms with van der Waals surface area (Å²) in [6.45, 7) is -2.60. The third-order valence-corrected chi connectivity index (χ3v) is 7.63. The molecule has 6 rings (SSSR count). The van der Waals surface area contributed by atoms with Crippen molar-refractivity contribution in [1.29, 1.82) is 0 Å². The van der Waals surface area contributed by atoms with E-state index in [0.29, 0.717) is 12.0 Å². The predicted octanol–water partition coefficient (Wildman–Crippen LogP) is 7.25. The van der Waals surface area contributed by atoms with Gasteiger partial charge in [0.1, 0.15) is 12.4 Å². The van der Waals surface area contributed by atoms with Crippen LogP contribution in [-0.2, 0) is 4.74 Å². The number of alkyl halides is 2. The second kappa shape index (κ2) is 9.41. The lowest BCUT2D eigenvalue weighted by molar-refractivity contribution is -0.0500. The van der Waals surface area contributed by atoms with E-state index in [2.05, 4.69) is 24.3 Å². The van der Waals surface area contributed by atoms with Gasteiger partial charge in [-0.2, -0.15) is 8.78 Å². The molecule has 3 aliphatic rings. The van der Waals surface area contributed by atoms with Gasteiger partial charge in [-0.05, 0) is 59.6 Å². The largest absolute Gasteiger partial charge is 0.448 e. The average molecular weight is 488 g/mol. The van der Waals surface area contributed by atoms with E-state index < -0.39 is 6.61 Å². The molecule has 0 aromatic heterocycles. The smallest absolute Gasteiger partial charge is 0.410 e. The summed E-state index contributed by atoms with van der Waals surface area (Å²) in [6.07, 6.45) is 5.01. The van der Waals surface area contributed by atoms with E-state index in [1.807, 2.05) is 47.4 Å². The zero-order chi connectivity index (χ0) is 24.6. The third kappa shape index (κ3) is 4.04. The molecule has 1 amide bonds. The number of fused-ring (bicyclic) bond motifs is 5. The minimum Gasteiger partial charge on any atom is -0.448 e. The second-order valence-electron chi connectivity index (χ2n) is 9.63. The molecule has 0 N–H and O–H groups in total. The van der Waals surface area contributed by atoms with Crippen LogP contribution in [0.2, 0.25) is 0 Å². The van der Waals surface area contributed by atoms with Gasteiger partial charge in [0, 0.05) is 17.5 Å². The highest BCUT2D eigenvalue weighted by molar-refractivity contribution is 5.80. The Morgan fingerprint density at radius 3 is 2.19 bits per heavy atom. The zero-order valence-corrected chi connectivity index (χ0v) is 19.8. The molecule has 2 heterocycles. The van der Waals surface area contributed by atoms with Crippen LogP contribution in [0, 0.1) is 0 Å². The number of ether oxygens (including phenoxy) is 2. The molecule has 3 aromatic rings. The lowest BCUT2D eigenvalue weighted by Crippen LogP contribution is -2.51. The molecule has 2 atom stereocenters. The van der Waals surface area contributed by atoms with Crippen LogP contribution >= 0.6 is 0 Å². The van der Waals surface area contributed by atoms with Gasteiger partial charge in [0.15, 0.2) is 0 Å². The van der Waals surface area contributed by atoms with E-state index in [1.54, 1.807) is 12.1 Å². The SMILES string of the molecule is O=C(OCC1c2ccccc2-c2ccccc21)N1C2C=C(c3ccccc3OC(F)F)CC1CCC2. The number of benzene rings is 3. The predicted molar refractivity (Wildman–Crippen MR) is 134 cm³/mol. The maximum atomic E-state index is 13.4. The number of piperidine rings is 1. The van der Waals surface area contributed by atoms with Crippen molar-refractivity contribution < 1.29 is 23.0 Å². The molecule has 0 saturated carbocycles. The first-order valence-corrected chi connectivity index (χ1v) is 12.5. The van der Waals surface area contributed by atoms with Gasteiger partial charge in [-0.15, -0.1) is 0 Å². The molecule has 0 radical (unpaired) electrons. The van der Waals surface area contributed by atoms with E-state index in [-0.39, 0.29) is 36.5 Å². The van der Waals surface area contributed by atoms with Gasteiger partial charge in [0.2, 0.25) is 0 Å². The molecule has 2 aliphatic heterocycles. The fourth-order valence-corrected chi connectivity index (χ4v) is 6.11. The number of rotatable bonds is 5. The highest BCUT2D eigenvalue weighted by atomic mass is 19.3. The summed E-state index contributed by atoms with van der Waals surface area (Å²) >= 11 is 0. The average Bonchev–Trinajstić information content (AvgIpc) is 3.20. The highest BCUT2D eigenvalue weighted by Gasteiger charge is 2.39. The molecule has 1 fully saturated rings. The van der Waals surface area contributed by atoms with Crippen LogP contribution in [0.15, 0.2) is 78.9 Å². The molecule has 2 unspecified atom stereocenters. The first-order chi connectivity index (χ1) is 17.6. The maximum absolute atomic E-state index is 13.4. The quantitative estimate of drug-likeness (QED) is 0.381. The summed E-state index contributed by atoms with van der Waals surface area (Å²) in [5, 5.41) is 0. The molecule has 1 aliphatic carbocycles. The Morgan fingerprint density at radius 2 is 1.53 bits per heavy atom. The zero-order valence-electron chi connectivity index (χ0n) is 19.8. The van der Waals surface area contributed by atoms with Crippen LogP contribution in [0.1, 0.15) is 48.3 Å².